The number of carbonyl (C=O) groups is 1. The molecular formula is C33H38ClN3O3. The van der Waals surface area contributed by atoms with Gasteiger partial charge in [0.05, 0.1) is 20.6 Å². The fourth-order valence-corrected chi connectivity index (χ4v) is 5.81. The standard InChI is InChI=1S/C33H38ClN3O3/c1-33(2,20-32(38)40-4)37-23-29(25-10-12-27(39-3)13-11-25)28-19-24(9-14-31(28)37)21-35-15-17-36(18-16-35)22-26-7-5-6-8-30(26)34/h5-14,19,23H,15-18,20-22H2,1-4H3. The number of piperazine rings is 1. The maximum absolute atomic E-state index is 12.2. The van der Waals surface area contributed by atoms with Gasteiger partial charge >= 0.3 is 5.97 Å². The first-order valence-electron chi connectivity index (χ1n) is 13.8. The van der Waals surface area contributed by atoms with E-state index in [1.807, 2.05) is 24.3 Å². The molecule has 0 unspecified atom stereocenters. The highest BCUT2D eigenvalue weighted by molar-refractivity contribution is 6.31. The molecule has 6 nitrogen and oxygen atoms in total. The Morgan fingerprint density at radius 2 is 1.57 bits per heavy atom. The van der Waals surface area contributed by atoms with Gasteiger partial charge in [0, 0.05) is 72.5 Å². The second-order valence-corrected chi connectivity index (χ2v) is 11.6. The topological polar surface area (TPSA) is 46.9 Å². The molecule has 0 N–H and O–H groups in total. The van der Waals surface area contributed by atoms with E-state index < -0.39 is 5.54 Å². The summed E-state index contributed by atoms with van der Waals surface area (Å²) in [5, 5.41) is 2.02. The third kappa shape index (κ3) is 6.20. The van der Waals surface area contributed by atoms with E-state index in [0.717, 1.165) is 66.7 Å². The van der Waals surface area contributed by atoms with Crippen molar-refractivity contribution >= 4 is 28.5 Å². The Bertz CT molecular complexity index is 1470. The third-order valence-electron chi connectivity index (χ3n) is 7.95. The highest BCUT2D eigenvalue weighted by atomic mass is 35.5. The minimum atomic E-state index is -0.449. The average molecular weight is 560 g/mol. The van der Waals surface area contributed by atoms with Gasteiger partial charge in [0.2, 0.25) is 0 Å². The highest BCUT2D eigenvalue weighted by Gasteiger charge is 2.28. The second kappa shape index (κ2) is 12.0. The largest absolute Gasteiger partial charge is 0.497 e. The molecule has 210 valence electrons. The number of aromatic nitrogens is 1. The molecule has 1 aliphatic rings. The molecule has 4 aromatic rings. The van der Waals surface area contributed by atoms with Gasteiger partial charge < -0.3 is 14.0 Å². The van der Waals surface area contributed by atoms with Crippen molar-refractivity contribution in [3.05, 3.63) is 89.1 Å². The summed E-state index contributed by atoms with van der Waals surface area (Å²) in [6.45, 7) is 10.0. The number of hydrogen-bond acceptors (Lipinski definition) is 5. The fraction of sp³-hybridized carbons (Fsp3) is 0.364. The van der Waals surface area contributed by atoms with E-state index >= 15 is 0 Å². The number of esters is 1. The van der Waals surface area contributed by atoms with E-state index in [4.69, 9.17) is 21.1 Å². The van der Waals surface area contributed by atoms with Crippen molar-refractivity contribution in [1.29, 1.82) is 0 Å². The average Bonchev–Trinajstić information content (AvgIpc) is 3.35. The summed E-state index contributed by atoms with van der Waals surface area (Å²) in [7, 11) is 3.12. The van der Waals surface area contributed by atoms with Crippen molar-refractivity contribution in [3.63, 3.8) is 0 Å². The molecule has 0 amide bonds. The molecule has 40 heavy (non-hydrogen) atoms. The van der Waals surface area contributed by atoms with Crippen LogP contribution in [0.3, 0.4) is 0 Å². The van der Waals surface area contributed by atoms with Crippen LogP contribution >= 0.6 is 11.6 Å². The summed E-state index contributed by atoms with van der Waals surface area (Å²) in [4.78, 5) is 17.2. The van der Waals surface area contributed by atoms with E-state index in [1.165, 1.54) is 23.6 Å². The van der Waals surface area contributed by atoms with Gasteiger partial charge in [-0.05, 0) is 60.9 Å². The fourth-order valence-electron chi connectivity index (χ4n) is 5.62. The molecule has 1 aromatic heterocycles. The van der Waals surface area contributed by atoms with E-state index in [-0.39, 0.29) is 12.4 Å². The molecule has 5 rings (SSSR count). The number of halogens is 1. The lowest BCUT2D eigenvalue weighted by Gasteiger charge is -2.35. The number of methoxy groups -OCH3 is 2. The van der Waals surface area contributed by atoms with Crippen LogP contribution in [-0.4, -0.2) is 60.7 Å². The summed E-state index contributed by atoms with van der Waals surface area (Å²) in [5.41, 5.74) is 5.38. The van der Waals surface area contributed by atoms with Crippen molar-refractivity contribution in [3.8, 4) is 16.9 Å². The Morgan fingerprint density at radius 1 is 0.900 bits per heavy atom. The molecule has 0 spiro atoms. The quantitative estimate of drug-likeness (QED) is 0.217. The first-order chi connectivity index (χ1) is 19.3. The maximum Gasteiger partial charge on any atom is 0.307 e. The zero-order chi connectivity index (χ0) is 28.3. The predicted molar refractivity (Wildman–Crippen MR) is 162 cm³/mol. The Labute approximate surface area is 242 Å². The Hall–Kier alpha value is -3.32. The van der Waals surface area contributed by atoms with E-state index in [9.17, 15) is 4.79 Å². The van der Waals surface area contributed by atoms with Crippen molar-refractivity contribution in [2.75, 3.05) is 40.4 Å². The van der Waals surface area contributed by atoms with E-state index in [0.29, 0.717) is 0 Å². The molecule has 1 saturated heterocycles. The summed E-state index contributed by atoms with van der Waals surface area (Å²) < 4.78 is 12.6. The van der Waals surface area contributed by atoms with Crippen LogP contribution in [0.2, 0.25) is 5.02 Å². The minimum Gasteiger partial charge on any atom is -0.497 e. The van der Waals surface area contributed by atoms with Crippen molar-refractivity contribution < 1.29 is 14.3 Å². The molecule has 7 heteroatoms. The molecule has 3 aromatic carbocycles. The zero-order valence-corrected chi connectivity index (χ0v) is 24.6. The lowest BCUT2D eigenvalue weighted by molar-refractivity contribution is -0.142. The molecular weight excluding hydrogens is 522 g/mol. The molecule has 0 bridgehead atoms. The Morgan fingerprint density at radius 3 is 2.23 bits per heavy atom. The highest BCUT2D eigenvalue weighted by Crippen LogP contribution is 2.37. The lowest BCUT2D eigenvalue weighted by Crippen LogP contribution is -2.45. The van der Waals surface area contributed by atoms with Crippen LogP contribution in [0.1, 0.15) is 31.4 Å². The lowest BCUT2D eigenvalue weighted by atomic mass is 10.00. The predicted octanol–water partition coefficient (Wildman–Crippen LogP) is 6.59. The van der Waals surface area contributed by atoms with Crippen LogP contribution in [0.5, 0.6) is 5.75 Å². The Kier molecular flexibility index (Phi) is 8.50. The number of fused-ring (bicyclic) bond motifs is 1. The van der Waals surface area contributed by atoms with Crippen LogP contribution in [-0.2, 0) is 28.2 Å². The SMILES string of the molecule is COC(=O)CC(C)(C)n1cc(-c2ccc(OC)cc2)c2cc(CN3CCN(Cc4ccccc4Cl)CC3)ccc21. The number of nitrogens with zero attached hydrogens (tertiary/aromatic N) is 3. The minimum absolute atomic E-state index is 0.219. The van der Waals surface area contributed by atoms with Crippen molar-refractivity contribution in [2.24, 2.45) is 0 Å². The molecule has 0 aliphatic carbocycles. The van der Waals surface area contributed by atoms with Gasteiger partial charge in [0.15, 0.2) is 0 Å². The summed E-state index contributed by atoms with van der Waals surface area (Å²) >= 11 is 6.39. The van der Waals surface area contributed by atoms with Gasteiger partial charge in [-0.15, -0.1) is 0 Å². The van der Waals surface area contributed by atoms with Crippen LogP contribution in [0, 0.1) is 0 Å². The molecule has 0 radical (unpaired) electrons. The normalized spacial score (nSPS) is 14.9. The van der Waals surface area contributed by atoms with Crippen LogP contribution in [0.25, 0.3) is 22.0 Å². The number of ether oxygens (including phenoxy) is 2. The van der Waals surface area contributed by atoms with Crippen molar-refractivity contribution in [1.82, 2.24) is 14.4 Å². The van der Waals surface area contributed by atoms with Crippen LogP contribution in [0.15, 0.2) is 72.9 Å². The molecule has 2 heterocycles. The zero-order valence-electron chi connectivity index (χ0n) is 23.8. The van der Waals surface area contributed by atoms with E-state index in [1.54, 1.807) is 7.11 Å². The number of hydrogen-bond donors (Lipinski definition) is 0. The Balaban J connectivity index is 1.38. The van der Waals surface area contributed by atoms with Gasteiger partial charge in [-0.1, -0.05) is 48.0 Å². The van der Waals surface area contributed by atoms with Gasteiger partial charge in [-0.3, -0.25) is 14.6 Å². The van der Waals surface area contributed by atoms with Gasteiger partial charge in [0.1, 0.15) is 5.75 Å². The molecule has 0 saturated carbocycles. The number of carbonyl (C=O) groups excluding carboxylic acids is 1. The van der Waals surface area contributed by atoms with Crippen LogP contribution in [0.4, 0.5) is 0 Å². The van der Waals surface area contributed by atoms with Gasteiger partial charge in [-0.25, -0.2) is 0 Å². The van der Waals surface area contributed by atoms with Crippen molar-refractivity contribution in [2.45, 2.75) is 38.9 Å². The second-order valence-electron chi connectivity index (χ2n) is 11.2. The van der Waals surface area contributed by atoms with Crippen LogP contribution < -0.4 is 4.74 Å². The maximum atomic E-state index is 12.2. The monoisotopic (exact) mass is 559 g/mol. The van der Waals surface area contributed by atoms with Gasteiger partial charge in [-0.2, -0.15) is 0 Å². The van der Waals surface area contributed by atoms with Gasteiger partial charge in [0.25, 0.3) is 0 Å². The first-order valence-corrected chi connectivity index (χ1v) is 14.2. The molecule has 1 fully saturated rings. The number of rotatable bonds is 9. The first kappa shape index (κ1) is 28.2. The summed E-state index contributed by atoms with van der Waals surface area (Å²) in [6, 6.07) is 23.0. The summed E-state index contributed by atoms with van der Waals surface area (Å²) in [5.74, 6) is 0.607. The third-order valence-corrected chi connectivity index (χ3v) is 8.32. The smallest absolute Gasteiger partial charge is 0.307 e. The molecule has 1 aliphatic heterocycles. The number of benzene rings is 3. The molecule has 0 atom stereocenters. The summed E-state index contributed by atoms with van der Waals surface area (Å²) in [6.07, 6.45) is 2.46. The van der Waals surface area contributed by atoms with E-state index in [2.05, 4.69) is 76.9 Å².